The second-order valence-corrected chi connectivity index (χ2v) is 3.63. The summed E-state index contributed by atoms with van der Waals surface area (Å²) in [5.74, 6) is 2.90. The molecule has 2 aliphatic rings. The van der Waals surface area contributed by atoms with E-state index in [0.717, 1.165) is 17.8 Å². The molecule has 1 fully saturated rings. The molecule has 2 heterocycles. The van der Waals surface area contributed by atoms with E-state index in [1.54, 1.807) is 5.69 Å². The predicted molar refractivity (Wildman–Crippen MR) is 39.8 cm³/mol. The largest absolute Gasteiger partial charge is 0.351 e. The van der Waals surface area contributed by atoms with E-state index in [1.807, 2.05) is 0 Å². The standard InChI is InChI=1S/C9H11N/c1-6-7-5-10-4-2-3-8(10)9(6)7/h2-4,6-7,9H,5H2,1H3/t6-,7?,9-/m1/s1. The summed E-state index contributed by atoms with van der Waals surface area (Å²) in [5, 5.41) is 0. The quantitative estimate of drug-likeness (QED) is 0.509. The molecule has 1 aromatic heterocycles. The molecule has 0 radical (unpaired) electrons. The van der Waals surface area contributed by atoms with Gasteiger partial charge < -0.3 is 4.57 Å². The first kappa shape index (κ1) is 5.00. The van der Waals surface area contributed by atoms with Gasteiger partial charge in [-0.05, 0) is 24.0 Å². The van der Waals surface area contributed by atoms with Crippen molar-refractivity contribution in [1.82, 2.24) is 4.57 Å². The van der Waals surface area contributed by atoms with Crippen molar-refractivity contribution in [2.75, 3.05) is 0 Å². The van der Waals surface area contributed by atoms with Gasteiger partial charge in [0.25, 0.3) is 0 Å². The Morgan fingerprint density at radius 3 is 3.40 bits per heavy atom. The molecule has 3 atom stereocenters. The zero-order chi connectivity index (χ0) is 6.72. The number of hydrogen-bond acceptors (Lipinski definition) is 0. The van der Waals surface area contributed by atoms with Crippen molar-refractivity contribution in [2.45, 2.75) is 19.4 Å². The number of hydrogen-bond donors (Lipinski definition) is 0. The van der Waals surface area contributed by atoms with Crippen LogP contribution in [0.4, 0.5) is 0 Å². The lowest BCUT2D eigenvalue weighted by Gasteiger charge is -2.01. The summed E-state index contributed by atoms with van der Waals surface area (Å²) in [6, 6.07) is 4.44. The van der Waals surface area contributed by atoms with Crippen LogP contribution in [0.5, 0.6) is 0 Å². The molecule has 3 rings (SSSR count). The highest BCUT2D eigenvalue weighted by Gasteiger charge is 2.52. The highest BCUT2D eigenvalue weighted by atomic mass is 15.0. The highest BCUT2D eigenvalue weighted by Crippen LogP contribution is 2.58. The first-order valence-electron chi connectivity index (χ1n) is 4.03. The minimum atomic E-state index is 0.926. The van der Waals surface area contributed by atoms with Crippen molar-refractivity contribution in [3.63, 3.8) is 0 Å². The van der Waals surface area contributed by atoms with Gasteiger partial charge in [0, 0.05) is 24.4 Å². The topological polar surface area (TPSA) is 4.93 Å². The van der Waals surface area contributed by atoms with Crippen LogP contribution in [0.1, 0.15) is 18.5 Å². The molecule has 0 spiro atoms. The van der Waals surface area contributed by atoms with Gasteiger partial charge in [0.05, 0.1) is 0 Å². The van der Waals surface area contributed by atoms with E-state index >= 15 is 0 Å². The minimum absolute atomic E-state index is 0.926. The average Bonchev–Trinajstić information content (AvgIpc) is 2.27. The van der Waals surface area contributed by atoms with E-state index in [-0.39, 0.29) is 0 Å². The van der Waals surface area contributed by atoms with Crippen LogP contribution >= 0.6 is 0 Å². The fourth-order valence-corrected chi connectivity index (χ4v) is 2.44. The van der Waals surface area contributed by atoms with E-state index in [1.165, 1.54) is 6.54 Å². The van der Waals surface area contributed by atoms with Crippen molar-refractivity contribution in [3.8, 4) is 0 Å². The molecule has 0 saturated heterocycles. The smallest absolute Gasteiger partial charge is 0.0259 e. The Morgan fingerprint density at radius 1 is 1.60 bits per heavy atom. The van der Waals surface area contributed by atoms with Gasteiger partial charge in [-0.25, -0.2) is 0 Å². The summed E-state index contributed by atoms with van der Waals surface area (Å²) in [7, 11) is 0. The molecular formula is C9H11N. The van der Waals surface area contributed by atoms with E-state index in [2.05, 4.69) is 29.8 Å². The molecule has 0 aromatic carbocycles. The molecule has 0 amide bonds. The van der Waals surface area contributed by atoms with Crippen molar-refractivity contribution >= 4 is 0 Å². The Labute approximate surface area is 60.7 Å². The van der Waals surface area contributed by atoms with Crippen LogP contribution in [0.25, 0.3) is 0 Å². The molecule has 1 saturated carbocycles. The summed E-state index contributed by atoms with van der Waals surface area (Å²) >= 11 is 0. The summed E-state index contributed by atoms with van der Waals surface area (Å²) < 4.78 is 2.40. The zero-order valence-electron chi connectivity index (χ0n) is 6.12. The van der Waals surface area contributed by atoms with Crippen molar-refractivity contribution < 1.29 is 0 Å². The van der Waals surface area contributed by atoms with Gasteiger partial charge >= 0.3 is 0 Å². The minimum Gasteiger partial charge on any atom is -0.351 e. The maximum absolute atomic E-state index is 2.40. The van der Waals surface area contributed by atoms with E-state index in [9.17, 15) is 0 Å². The van der Waals surface area contributed by atoms with Crippen LogP contribution in [0.3, 0.4) is 0 Å². The fraction of sp³-hybridized carbons (Fsp3) is 0.556. The molecule has 10 heavy (non-hydrogen) atoms. The third-order valence-electron chi connectivity index (χ3n) is 3.18. The van der Waals surface area contributed by atoms with Crippen LogP contribution in [-0.2, 0) is 6.54 Å². The molecule has 0 N–H and O–H groups in total. The number of fused-ring (bicyclic) bond motifs is 3. The van der Waals surface area contributed by atoms with Gasteiger partial charge in [0.2, 0.25) is 0 Å². The Morgan fingerprint density at radius 2 is 2.50 bits per heavy atom. The lowest BCUT2D eigenvalue weighted by Crippen LogP contribution is -1.97. The second-order valence-electron chi connectivity index (χ2n) is 3.63. The fourth-order valence-electron chi connectivity index (χ4n) is 2.44. The molecular weight excluding hydrogens is 122 g/mol. The van der Waals surface area contributed by atoms with Gasteiger partial charge in [0.1, 0.15) is 0 Å². The van der Waals surface area contributed by atoms with Crippen LogP contribution in [0.15, 0.2) is 18.3 Å². The van der Waals surface area contributed by atoms with Crippen LogP contribution in [0, 0.1) is 11.8 Å². The van der Waals surface area contributed by atoms with Gasteiger partial charge in [-0.1, -0.05) is 6.92 Å². The maximum Gasteiger partial charge on any atom is 0.0259 e. The summed E-state index contributed by atoms with van der Waals surface area (Å²) in [5.41, 5.74) is 1.58. The Bertz CT molecular complexity index is 274. The molecule has 1 heteroatoms. The normalized spacial score (nSPS) is 41.1. The van der Waals surface area contributed by atoms with Crippen molar-refractivity contribution in [3.05, 3.63) is 24.0 Å². The van der Waals surface area contributed by atoms with Crippen LogP contribution in [0.2, 0.25) is 0 Å². The van der Waals surface area contributed by atoms with Crippen molar-refractivity contribution in [1.29, 1.82) is 0 Å². The Kier molecular flexibility index (Phi) is 0.657. The predicted octanol–water partition coefficient (Wildman–Crippen LogP) is 1.85. The number of aromatic nitrogens is 1. The van der Waals surface area contributed by atoms with E-state index in [4.69, 9.17) is 0 Å². The van der Waals surface area contributed by atoms with Gasteiger partial charge in [0.15, 0.2) is 0 Å². The van der Waals surface area contributed by atoms with Crippen LogP contribution < -0.4 is 0 Å². The van der Waals surface area contributed by atoms with Crippen molar-refractivity contribution in [2.24, 2.45) is 11.8 Å². The molecule has 1 nitrogen and oxygen atoms in total. The molecule has 1 unspecified atom stereocenters. The maximum atomic E-state index is 2.40. The zero-order valence-corrected chi connectivity index (χ0v) is 6.12. The monoisotopic (exact) mass is 133 g/mol. The highest BCUT2D eigenvalue weighted by molar-refractivity contribution is 5.27. The van der Waals surface area contributed by atoms with E-state index < -0.39 is 0 Å². The first-order chi connectivity index (χ1) is 4.88. The molecule has 1 aliphatic heterocycles. The lowest BCUT2D eigenvalue weighted by atomic mass is 10.2. The molecule has 1 aromatic rings. The Balaban J connectivity index is 2.14. The lowest BCUT2D eigenvalue weighted by molar-refractivity contribution is 0.611. The summed E-state index contributed by atoms with van der Waals surface area (Å²) in [4.78, 5) is 0. The van der Waals surface area contributed by atoms with E-state index in [0.29, 0.717) is 0 Å². The van der Waals surface area contributed by atoms with Gasteiger partial charge in [-0.2, -0.15) is 0 Å². The Hall–Kier alpha value is -0.720. The third kappa shape index (κ3) is 0.386. The molecule has 0 bridgehead atoms. The van der Waals surface area contributed by atoms with Crippen LogP contribution in [-0.4, -0.2) is 4.57 Å². The summed E-state index contributed by atoms with van der Waals surface area (Å²) in [6.45, 7) is 3.65. The average molecular weight is 133 g/mol. The van der Waals surface area contributed by atoms with Gasteiger partial charge in [-0.15, -0.1) is 0 Å². The van der Waals surface area contributed by atoms with Gasteiger partial charge in [-0.3, -0.25) is 0 Å². The molecule has 1 aliphatic carbocycles. The SMILES string of the molecule is C[C@@H]1C2Cn3cccc3[C@@H]21. The number of rotatable bonds is 0. The number of nitrogens with zero attached hydrogens (tertiary/aromatic N) is 1. The second kappa shape index (κ2) is 1.31. The third-order valence-corrected chi connectivity index (χ3v) is 3.18. The first-order valence-corrected chi connectivity index (χ1v) is 4.03. The molecule has 52 valence electrons. The summed E-state index contributed by atoms with van der Waals surface area (Å²) in [6.07, 6.45) is 2.20.